The van der Waals surface area contributed by atoms with Crippen molar-refractivity contribution in [2.45, 2.75) is 25.4 Å². The molecule has 8 heteroatoms. The minimum absolute atomic E-state index is 0.0204. The van der Waals surface area contributed by atoms with Crippen LogP contribution in [0.1, 0.15) is 23.3 Å². The van der Waals surface area contributed by atoms with Crippen molar-refractivity contribution in [1.82, 2.24) is 19.6 Å². The minimum Gasteiger partial charge on any atom is -0.494 e. The first kappa shape index (κ1) is 20.1. The van der Waals surface area contributed by atoms with Gasteiger partial charge in [0.1, 0.15) is 11.3 Å². The molecule has 2 aliphatic heterocycles. The van der Waals surface area contributed by atoms with Crippen LogP contribution in [0.3, 0.4) is 0 Å². The molecule has 1 aromatic carbocycles. The molecule has 0 unspecified atom stereocenters. The lowest BCUT2D eigenvalue weighted by molar-refractivity contribution is 0.0361. The Bertz CT molecular complexity index is 847. The average molecular weight is 402 g/mol. The Morgan fingerprint density at radius 3 is 2.79 bits per heavy atom. The second kappa shape index (κ2) is 9.11. The number of carbonyl (C=O) groups excluding carboxylic acids is 1. The highest BCUT2D eigenvalue weighted by Crippen LogP contribution is 2.30. The number of amides is 1. The van der Waals surface area contributed by atoms with Crippen LogP contribution in [0, 0.1) is 0 Å². The molecule has 2 saturated heterocycles. The normalized spacial score (nSPS) is 20.5. The van der Waals surface area contributed by atoms with Crippen molar-refractivity contribution in [2.24, 2.45) is 0 Å². The molecule has 0 saturated carbocycles. The summed E-state index contributed by atoms with van der Waals surface area (Å²) in [5, 5.41) is 5.61. The molecule has 1 amide bonds. The number of benzene rings is 1. The van der Waals surface area contributed by atoms with Crippen molar-refractivity contribution in [3.63, 3.8) is 0 Å². The van der Waals surface area contributed by atoms with E-state index in [4.69, 9.17) is 19.3 Å². The van der Waals surface area contributed by atoms with E-state index >= 15 is 0 Å². The topological polar surface area (TPSA) is 69.1 Å². The fourth-order valence-corrected chi connectivity index (χ4v) is 4.35. The van der Waals surface area contributed by atoms with Crippen LogP contribution in [0.4, 0.5) is 0 Å². The summed E-state index contributed by atoms with van der Waals surface area (Å²) < 4.78 is 18.3. The largest absolute Gasteiger partial charge is 0.494 e. The van der Waals surface area contributed by atoms with Crippen LogP contribution < -0.4 is 4.74 Å². The lowest BCUT2D eigenvalue weighted by atomic mass is 10.1. The molecule has 3 heterocycles. The van der Waals surface area contributed by atoms with Crippen LogP contribution in [-0.4, -0.2) is 91.7 Å². The third-order valence-corrected chi connectivity index (χ3v) is 5.88. The molecular formula is C21H30N4O4. The molecule has 2 fully saturated rings. The van der Waals surface area contributed by atoms with E-state index in [9.17, 15) is 4.79 Å². The number of hydrogen-bond donors (Lipinski definition) is 0. The molecule has 0 N–H and O–H groups in total. The lowest BCUT2D eigenvalue weighted by Crippen LogP contribution is -2.39. The van der Waals surface area contributed by atoms with Crippen molar-refractivity contribution < 1.29 is 19.0 Å². The van der Waals surface area contributed by atoms with Crippen LogP contribution in [-0.2, 0) is 16.0 Å². The maximum atomic E-state index is 13.4. The van der Waals surface area contributed by atoms with Crippen LogP contribution in [0.25, 0.3) is 10.9 Å². The molecule has 1 atom stereocenters. The van der Waals surface area contributed by atoms with Crippen LogP contribution in [0.5, 0.6) is 5.75 Å². The van der Waals surface area contributed by atoms with E-state index in [1.54, 1.807) is 14.2 Å². The second-order valence-electron chi connectivity index (χ2n) is 7.63. The van der Waals surface area contributed by atoms with Gasteiger partial charge in [0.25, 0.3) is 5.91 Å². The number of morpholine rings is 1. The molecule has 0 spiro atoms. The Kier molecular flexibility index (Phi) is 6.32. The minimum atomic E-state index is -0.0204. The predicted octanol–water partition coefficient (Wildman–Crippen LogP) is 1.63. The van der Waals surface area contributed by atoms with Gasteiger partial charge in [-0.2, -0.15) is 5.10 Å². The molecule has 0 bridgehead atoms. The molecule has 2 aliphatic rings. The molecule has 1 aromatic heterocycles. The molecule has 0 aliphatic carbocycles. The Labute approximate surface area is 171 Å². The van der Waals surface area contributed by atoms with Crippen molar-refractivity contribution >= 4 is 16.8 Å². The summed E-state index contributed by atoms with van der Waals surface area (Å²) in [6.07, 6.45) is 1.97. The molecule has 158 valence electrons. The highest BCUT2D eigenvalue weighted by molar-refractivity contribution is 6.06. The zero-order valence-corrected chi connectivity index (χ0v) is 17.3. The van der Waals surface area contributed by atoms with Gasteiger partial charge in [-0.1, -0.05) is 12.1 Å². The van der Waals surface area contributed by atoms with E-state index in [0.29, 0.717) is 18.8 Å². The van der Waals surface area contributed by atoms with Crippen molar-refractivity contribution in [1.29, 1.82) is 0 Å². The number of fused-ring (bicyclic) bond motifs is 1. The molecule has 29 heavy (non-hydrogen) atoms. The maximum Gasteiger partial charge on any atom is 0.275 e. The second-order valence-corrected chi connectivity index (χ2v) is 7.63. The van der Waals surface area contributed by atoms with Gasteiger partial charge in [-0.05, 0) is 18.9 Å². The Morgan fingerprint density at radius 1 is 1.21 bits per heavy atom. The van der Waals surface area contributed by atoms with E-state index < -0.39 is 0 Å². The quantitative estimate of drug-likeness (QED) is 0.701. The zero-order chi connectivity index (χ0) is 20.2. The number of hydrogen-bond acceptors (Lipinski definition) is 6. The van der Waals surface area contributed by atoms with Crippen molar-refractivity contribution in [3.8, 4) is 5.75 Å². The van der Waals surface area contributed by atoms with Gasteiger partial charge in [-0.15, -0.1) is 0 Å². The summed E-state index contributed by atoms with van der Waals surface area (Å²) in [5.41, 5.74) is 1.39. The fraction of sp³-hybridized carbons (Fsp3) is 0.619. The van der Waals surface area contributed by atoms with E-state index in [2.05, 4.69) is 4.90 Å². The monoisotopic (exact) mass is 402 g/mol. The van der Waals surface area contributed by atoms with Gasteiger partial charge in [0.05, 0.1) is 39.5 Å². The summed E-state index contributed by atoms with van der Waals surface area (Å²) in [5.74, 6) is 0.721. The van der Waals surface area contributed by atoms with Crippen LogP contribution >= 0.6 is 0 Å². The smallest absolute Gasteiger partial charge is 0.275 e. The van der Waals surface area contributed by atoms with E-state index in [1.807, 2.05) is 27.8 Å². The number of nitrogens with zero attached hydrogens (tertiary/aromatic N) is 4. The average Bonchev–Trinajstić information content (AvgIpc) is 3.37. The number of likely N-dealkylation sites (tertiary alicyclic amines) is 1. The first-order valence-electron chi connectivity index (χ1n) is 10.4. The summed E-state index contributed by atoms with van der Waals surface area (Å²) in [6.45, 7) is 6.26. The SMILES string of the molecule is COC[C@@H]1CCCN1C(=O)c1nn(CCN2CCOCC2)c2c(OC)cccc12. The third kappa shape index (κ3) is 4.10. The van der Waals surface area contributed by atoms with Gasteiger partial charge in [-0.3, -0.25) is 14.4 Å². The number of methoxy groups -OCH3 is 2. The van der Waals surface area contributed by atoms with Gasteiger partial charge >= 0.3 is 0 Å². The first-order valence-corrected chi connectivity index (χ1v) is 10.4. The number of ether oxygens (including phenoxy) is 3. The first-order chi connectivity index (χ1) is 14.2. The van der Waals surface area contributed by atoms with E-state index in [-0.39, 0.29) is 11.9 Å². The molecule has 2 aromatic rings. The van der Waals surface area contributed by atoms with Gasteiger partial charge < -0.3 is 19.1 Å². The standard InChI is InChI=1S/C21H30N4O4/c1-27-15-16-5-4-8-24(16)21(26)19-17-6-3-7-18(28-2)20(17)25(22-19)10-9-23-11-13-29-14-12-23/h3,6-7,16H,4-5,8-15H2,1-2H3/t16-/m0/s1. The highest BCUT2D eigenvalue weighted by atomic mass is 16.5. The van der Waals surface area contributed by atoms with Crippen LogP contribution in [0.15, 0.2) is 18.2 Å². The van der Waals surface area contributed by atoms with Gasteiger partial charge in [-0.25, -0.2) is 0 Å². The number of rotatable bonds is 7. The van der Waals surface area contributed by atoms with Crippen molar-refractivity contribution in [2.75, 3.05) is 60.2 Å². The van der Waals surface area contributed by atoms with Gasteiger partial charge in [0.15, 0.2) is 5.69 Å². The summed E-state index contributed by atoms with van der Waals surface area (Å²) >= 11 is 0. The number of aromatic nitrogens is 2. The number of para-hydroxylation sites is 1. The third-order valence-electron chi connectivity index (χ3n) is 5.88. The maximum absolute atomic E-state index is 13.4. The molecule has 4 rings (SSSR count). The summed E-state index contributed by atoms with van der Waals surface area (Å²) in [4.78, 5) is 17.7. The highest BCUT2D eigenvalue weighted by Gasteiger charge is 2.32. The Balaban J connectivity index is 1.64. The van der Waals surface area contributed by atoms with Gasteiger partial charge in [0, 0.05) is 38.7 Å². The van der Waals surface area contributed by atoms with E-state index in [1.165, 1.54) is 0 Å². The summed E-state index contributed by atoms with van der Waals surface area (Å²) in [7, 11) is 3.34. The fourth-order valence-electron chi connectivity index (χ4n) is 4.35. The lowest BCUT2D eigenvalue weighted by Gasteiger charge is -2.26. The Morgan fingerprint density at radius 2 is 2.03 bits per heavy atom. The predicted molar refractivity (Wildman–Crippen MR) is 109 cm³/mol. The number of carbonyl (C=O) groups is 1. The van der Waals surface area contributed by atoms with E-state index in [0.717, 1.165) is 68.9 Å². The molecular weight excluding hydrogens is 372 g/mol. The molecule has 8 nitrogen and oxygen atoms in total. The Hall–Kier alpha value is -2.16. The summed E-state index contributed by atoms with van der Waals surface area (Å²) in [6, 6.07) is 5.92. The van der Waals surface area contributed by atoms with Crippen molar-refractivity contribution in [3.05, 3.63) is 23.9 Å². The zero-order valence-electron chi connectivity index (χ0n) is 17.3. The molecule has 0 radical (unpaired) electrons. The van der Waals surface area contributed by atoms with Crippen LogP contribution in [0.2, 0.25) is 0 Å². The van der Waals surface area contributed by atoms with Gasteiger partial charge in [0.2, 0.25) is 0 Å².